The van der Waals surface area contributed by atoms with Gasteiger partial charge in [-0.25, -0.2) is 0 Å². The summed E-state index contributed by atoms with van der Waals surface area (Å²) in [5.74, 6) is -18.6. The minimum absolute atomic E-state index is 0.0813. The lowest BCUT2D eigenvalue weighted by atomic mass is 9.55. The topological polar surface area (TPSA) is 224 Å². The summed E-state index contributed by atoms with van der Waals surface area (Å²) in [5, 5.41) is 56.1. The van der Waals surface area contributed by atoms with Crippen LogP contribution in [0.2, 0.25) is 0 Å². The molecule has 0 aromatic carbocycles. The van der Waals surface area contributed by atoms with E-state index in [0.717, 1.165) is 0 Å². The average Bonchev–Trinajstić information content (AvgIpc) is 2.50. The average molecular weight is 392 g/mol. The van der Waals surface area contributed by atoms with Gasteiger partial charge in [0.25, 0.3) is 5.41 Å². The van der Waals surface area contributed by atoms with Gasteiger partial charge in [0.1, 0.15) is 0 Å². The fourth-order valence-corrected chi connectivity index (χ4v) is 3.05. The van der Waals surface area contributed by atoms with E-state index in [9.17, 15) is 59.4 Å². The largest absolute Gasteiger partial charge is 0.481 e. The van der Waals surface area contributed by atoms with Crippen molar-refractivity contribution in [3.8, 4) is 0 Å². The summed E-state index contributed by atoms with van der Waals surface area (Å²) in [4.78, 5) is 70.0. The van der Waals surface area contributed by atoms with Crippen LogP contribution in [0.15, 0.2) is 0 Å². The lowest BCUT2D eigenvalue weighted by molar-refractivity contribution is -0.209. The van der Waals surface area contributed by atoms with Crippen LogP contribution in [0.25, 0.3) is 0 Å². The molecule has 0 aliphatic rings. The number of hydrogen-bond acceptors (Lipinski definition) is 6. The Morgan fingerprint density at radius 3 is 1.33 bits per heavy atom. The van der Waals surface area contributed by atoms with E-state index in [-0.39, 0.29) is 6.42 Å². The predicted molar refractivity (Wildman–Crippen MR) is 82.9 cm³/mol. The van der Waals surface area contributed by atoms with E-state index in [1.54, 1.807) is 6.92 Å². The molecule has 0 fully saturated rings. The van der Waals surface area contributed by atoms with Gasteiger partial charge in [-0.3, -0.25) is 28.8 Å². The lowest BCUT2D eigenvalue weighted by Gasteiger charge is -2.39. The molecule has 0 radical (unpaired) electrons. The molecule has 0 heterocycles. The van der Waals surface area contributed by atoms with E-state index < -0.39 is 59.0 Å². The number of carboxylic acids is 6. The minimum Gasteiger partial charge on any atom is -0.481 e. The van der Waals surface area contributed by atoms with Crippen molar-refractivity contribution >= 4 is 35.8 Å². The van der Waals surface area contributed by atoms with Crippen molar-refractivity contribution in [2.75, 3.05) is 0 Å². The molecule has 0 aromatic rings. The molecule has 12 nitrogen and oxygen atoms in total. The van der Waals surface area contributed by atoms with Gasteiger partial charge in [-0.2, -0.15) is 0 Å². The molecule has 27 heavy (non-hydrogen) atoms. The molecule has 0 rings (SSSR count). The van der Waals surface area contributed by atoms with Crippen molar-refractivity contribution in [3.05, 3.63) is 0 Å². The third-order valence-electron chi connectivity index (χ3n) is 4.40. The zero-order chi connectivity index (χ0) is 21.6. The molecular formula is C15H20O12. The summed E-state index contributed by atoms with van der Waals surface area (Å²) < 4.78 is 0. The summed E-state index contributed by atoms with van der Waals surface area (Å²) >= 11 is 0. The Kier molecular flexibility index (Phi) is 7.91. The van der Waals surface area contributed by atoms with E-state index in [1.165, 1.54) is 0 Å². The molecule has 0 aliphatic heterocycles. The third kappa shape index (κ3) is 3.68. The first-order valence-electron chi connectivity index (χ1n) is 7.76. The highest BCUT2D eigenvalue weighted by Gasteiger charge is 2.80. The molecule has 152 valence electrons. The highest BCUT2D eigenvalue weighted by atomic mass is 16.4. The fraction of sp³-hybridized carbons (Fsp3) is 0.600. The standard InChI is InChI=1S/C15H20O12/c1-2-3-4-5-6-7(8(16)17)14(9(18)19,10(20)21)15(11(22)23,12(24)25)13(26)27/h7H,2-6H2,1H3,(H,16,17)(H,18,19)(H,20,21)(H,22,23)(H,24,25)(H,26,27). The van der Waals surface area contributed by atoms with Crippen LogP contribution < -0.4 is 0 Å². The van der Waals surface area contributed by atoms with E-state index >= 15 is 0 Å². The summed E-state index contributed by atoms with van der Waals surface area (Å²) in [5.41, 5.74) is -8.67. The summed E-state index contributed by atoms with van der Waals surface area (Å²) in [6.07, 6.45) is 0.715. The lowest BCUT2D eigenvalue weighted by Crippen LogP contribution is -2.68. The Balaban J connectivity index is 6.97. The van der Waals surface area contributed by atoms with Crippen LogP contribution in [0.3, 0.4) is 0 Å². The van der Waals surface area contributed by atoms with Crippen molar-refractivity contribution in [1.29, 1.82) is 0 Å². The molecule has 12 heteroatoms. The maximum atomic E-state index is 11.8. The van der Waals surface area contributed by atoms with Crippen molar-refractivity contribution in [2.24, 2.45) is 16.7 Å². The molecule has 1 unspecified atom stereocenters. The van der Waals surface area contributed by atoms with Crippen LogP contribution in [-0.2, 0) is 28.8 Å². The van der Waals surface area contributed by atoms with Gasteiger partial charge in [0.05, 0.1) is 5.92 Å². The molecule has 6 N–H and O–H groups in total. The first-order valence-corrected chi connectivity index (χ1v) is 7.76. The van der Waals surface area contributed by atoms with Gasteiger partial charge in [0, 0.05) is 0 Å². The van der Waals surface area contributed by atoms with Crippen molar-refractivity contribution in [1.82, 2.24) is 0 Å². The maximum Gasteiger partial charge on any atom is 0.334 e. The first kappa shape index (κ1) is 23.8. The van der Waals surface area contributed by atoms with E-state index in [1.807, 2.05) is 0 Å². The monoisotopic (exact) mass is 392 g/mol. The van der Waals surface area contributed by atoms with Crippen molar-refractivity contribution in [2.45, 2.75) is 39.0 Å². The van der Waals surface area contributed by atoms with E-state index in [0.29, 0.717) is 19.3 Å². The molecular weight excluding hydrogens is 372 g/mol. The maximum absolute atomic E-state index is 11.8. The summed E-state index contributed by atoms with van der Waals surface area (Å²) in [7, 11) is 0. The number of hydrogen-bond donors (Lipinski definition) is 6. The number of rotatable bonds is 13. The van der Waals surface area contributed by atoms with Crippen molar-refractivity contribution < 1.29 is 59.4 Å². The Bertz CT molecular complexity index is 599. The van der Waals surface area contributed by atoms with E-state index in [2.05, 4.69) is 0 Å². The molecule has 0 saturated carbocycles. The van der Waals surface area contributed by atoms with E-state index in [4.69, 9.17) is 0 Å². The molecule has 1 atom stereocenters. The normalized spacial score (nSPS) is 12.8. The Morgan fingerprint density at radius 2 is 1.07 bits per heavy atom. The second-order valence-electron chi connectivity index (χ2n) is 5.82. The van der Waals surface area contributed by atoms with Gasteiger partial charge in [0.2, 0.25) is 5.41 Å². The van der Waals surface area contributed by atoms with Gasteiger partial charge in [-0.05, 0) is 6.42 Å². The molecule has 0 bridgehead atoms. The summed E-state index contributed by atoms with van der Waals surface area (Å²) in [6, 6.07) is 0. The molecule has 0 spiro atoms. The molecule has 0 saturated heterocycles. The minimum atomic E-state index is -4.47. The highest BCUT2D eigenvalue weighted by Crippen LogP contribution is 2.49. The van der Waals surface area contributed by atoms with Crippen LogP contribution in [0, 0.1) is 16.7 Å². The summed E-state index contributed by atoms with van der Waals surface area (Å²) in [6.45, 7) is 1.79. The second kappa shape index (κ2) is 8.96. The van der Waals surface area contributed by atoms with Crippen LogP contribution in [0.5, 0.6) is 0 Å². The van der Waals surface area contributed by atoms with Gasteiger partial charge in [-0.1, -0.05) is 32.6 Å². The Morgan fingerprint density at radius 1 is 0.667 bits per heavy atom. The SMILES string of the molecule is CCCCCCC(C(=O)O)C(C(=O)O)(C(=O)O)C(C(=O)O)(C(=O)O)C(=O)O. The van der Waals surface area contributed by atoms with Crippen LogP contribution in [-0.4, -0.2) is 66.5 Å². The number of carboxylic acid groups (broad SMARTS) is 6. The van der Waals surface area contributed by atoms with Crippen LogP contribution in [0.1, 0.15) is 39.0 Å². The molecule has 0 amide bonds. The highest BCUT2D eigenvalue weighted by molar-refractivity contribution is 6.25. The number of aliphatic carboxylic acids is 6. The van der Waals surface area contributed by atoms with Gasteiger partial charge >= 0.3 is 35.8 Å². The van der Waals surface area contributed by atoms with Crippen LogP contribution in [0.4, 0.5) is 0 Å². The van der Waals surface area contributed by atoms with Gasteiger partial charge in [-0.15, -0.1) is 0 Å². The quantitative estimate of drug-likeness (QED) is 0.181. The Hall–Kier alpha value is -3.18. The van der Waals surface area contributed by atoms with Crippen LogP contribution >= 0.6 is 0 Å². The van der Waals surface area contributed by atoms with Gasteiger partial charge < -0.3 is 30.6 Å². The first-order chi connectivity index (χ1) is 12.4. The third-order valence-corrected chi connectivity index (χ3v) is 4.40. The fourth-order valence-electron chi connectivity index (χ4n) is 3.05. The molecule has 0 aliphatic carbocycles. The number of unbranched alkanes of at least 4 members (excludes halogenated alkanes) is 3. The zero-order valence-electron chi connectivity index (χ0n) is 14.2. The molecule has 0 aromatic heterocycles. The number of carbonyl (C=O) groups is 6. The second-order valence-corrected chi connectivity index (χ2v) is 5.82. The predicted octanol–water partition coefficient (Wildman–Crippen LogP) is 0.0534. The zero-order valence-corrected chi connectivity index (χ0v) is 14.2. The van der Waals surface area contributed by atoms with Gasteiger partial charge in [0.15, 0.2) is 0 Å². The van der Waals surface area contributed by atoms with Crippen molar-refractivity contribution in [3.63, 3.8) is 0 Å². The smallest absolute Gasteiger partial charge is 0.334 e. The Labute approximate surface area is 152 Å².